The highest BCUT2D eigenvalue weighted by Crippen LogP contribution is 2.31. The SMILES string of the molecule is C=CCOC(=O)N1CC(SC(=O)OC(C)(C)C)CC1CNc1ccc(Cc2ccccc2)c(C(=O)NC(CCSC)C(=O)OC(C)C)c1. The molecule has 262 valence electrons. The maximum Gasteiger partial charge on any atom is 0.410 e. The Morgan fingerprint density at radius 1 is 1.10 bits per heavy atom. The van der Waals surface area contributed by atoms with E-state index in [1.54, 1.807) is 36.6 Å². The van der Waals surface area contributed by atoms with E-state index in [0.717, 1.165) is 22.9 Å². The van der Waals surface area contributed by atoms with Crippen LogP contribution >= 0.6 is 23.5 Å². The topological polar surface area (TPSA) is 123 Å². The number of likely N-dealkylation sites (tertiary alicyclic amines) is 1. The zero-order chi connectivity index (χ0) is 35.3. The number of rotatable bonds is 15. The summed E-state index contributed by atoms with van der Waals surface area (Å²) in [5, 5.41) is 5.75. The van der Waals surface area contributed by atoms with Crippen LogP contribution in [0.15, 0.2) is 61.2 Å². The van der Waals surface area contributed by atoms with E-state index < -0.39 is 29.0 Å². The Morgan fingerprint density at radius 3 is 2.48 bits per heavy atom. The van der Waals surface area contributed by atoms with Crippen LogP contribution in [0.4, 0.5) is 15.3 Å². The third-order valence-electron chi connectivity index (χ3n) is 7.27. The number of hydrogen-bond donors (Lipinski definition) is 2. The van der Waals surface area contributed by atoms with Gasteiger partial charge in [0.25, 0.3) is 5.91 Å². The molecule has 2 amide bonds. The van der Waals surface area contributed by atoms with Crippen molar-refractivity contribution in [3.63, 3.8) is 0 Å². The van der Waals surface area contributed by atoms with Gasteiger partial charge in [-0.25, -0.2) is 14.4 Å². The fraction of sp³-hybridized carbons (Fsp3) is 0.500. The van der Waals surface area contributed by atoms with Gasteiger partial charge in [-0.1, -0.05) is 49.1 Å². The van der Waals surface area contributed by atoms with Gasteiger partial charge in [0.2, 0.25) is 0 Å². The molecule has 3 atom stereocenters. The molecule has 1 heterocycles. The van der Waals surface area contributed by atoms with Crippen molar-refractivity contribution in [1.82, 2.24) is 10.2 Å². The average molecular weight is 700 g/mol. The van der Waals surface area contributed by atoms with E-state index in [-0.39, 0.29) is 29.9 Å². The van der Waals surface area contributed by atoms with Gasteiger partial charge in [-0.05, 0) is 101 Å². The van der Waals surface area contributed by atoms with E-state index in [0.29, 0.717) is 49.4 Å². The quantitative estimate of drug-likeness (QED) is 0.115. The normalized spacial score (nSPS) is 16.6. The Labute approximate surface area is 293 Å². The second-order valence-electron chi connectivity index (χ2n) is 12.8. The van der Waals surface area contributed by atoms with Crippen molar-refractivity contribution in [2.75, 3.05) is 37.0 Å². The molecule has 48 heavy (non-hydrogen) atoms. The Morgan fingerprint density at radius 2 is 1.83 bits per heavy atom. The van der Waals surface area contributed by atoms with E-state index in [2.05, 4.69) is 17.2 Å². The van der Waals surface area contributed by atoms with Gasteiger partial charge in [-0.2, -0.15) is 11.8 Å². The van der Waals surface area contributed by atoms with Crippen molar-refractivity contribution in [3.05, 3.63) is 77.9 Å². The Hall–Kier alpha value is -3.64. The number of carbonyl (C=O) groups is 4. The maximum absolute atomic E-state index is 13.8. The van der Waals surface area contributed by atoms with E-state index >= 15 is 0 Å². The third kappa shape index (κ3) is 12.8. The van der Waals surface area contributed by atoms with Crippen LogP contribution in [0.2, 0.25) is 0 Å². The van der Waals surface area contributed by atoms with Gasteiger partial charge >= 0.3 is 17.4 Å². The number of esters is 1. The van der Waals surface area contributed by atoms with E-state index in [1.807, 2.05) is 69.5 Å². The van der Waals surface area contributed by atoms with Gasteiger partial charge in [0, 0.05) is 29.6 Å². The Kier molecular flexibility index (Phi) is 15.2. The molecule has 1 fully saturated rings. The number of hydrogen-bond acceptors (Lipinski definition) is 10. The minimum Gasteiger partial charge on any atom is -0.461 e. The highest BCUT2D eigenvalue weighted by atomic mass is 32.2. The van der Waals surface area contributed by atoms with Gasteiger partial charge in [-0.15, -0.1) is 0 Å². The summed E-state index contributed by atoms with van der Waals surface area (Å²) in [7, 11) is 0. The molecule has 3 unspecified atom stereocenters. The number of benzene rings is 2. The molecule has 0 spiro atoms. The summed E-state index contributed by atoms with van der Waals surface area (Å²) in [6, 6.07) is 14.3. The smallest absolute Gasteiger partial charge is 0.410 e. The van der Waals surface area contributed by atoms with Crippen LogP contribution in [0, 0.1) is 0 Å². The van der Waals surface area contributed by atoms with Crippen molar-refractivity contribution in [2.24, 2.45) is 0 Å². The standard InChI is InChI=1S/C36H49N3O7S2/c1-8-17-44-34(42)39-23-29(48-35(43)46-36(4,5)6)21-28(39)22-37-27-15-14-26(19-25-12-10-9-11-13-25)30(20-27)32(40)38-31(16-18-47-7)33(41)45-24(2)3/h8-15,20,24,28-29,31,37H,1,16-19,21-23H2,2-7H3,(H,38,40). The Balaban J connectivity index is 1.84. The van der Waals surface area contributed by atoms with Crippen molar-refractivity contribution < 1.29 is 33.4 Å². The van der Waals surface area contributed by atoms with Crippen molar-refractivity contribution in [1.29, 1.82) is 0 Å². The number of thioether (sulfide) groups is 2. The first-order valence-electron chi connectivity index (χ1n) is 16.1. The molecule has 2 aromatic carbocycles. The molecular formula is C36H49N3O7S2. The first-order valence-corrected chi connectivity index (χ1v) is 18.4. The van der Waals surface area contributed by atoms with Crippen LogP contribution in [-0.2, 0) is 25.4 Å². The van der Waals surface area contributed by atoms with Crippen LogP contribution in [0.3, 0.4) is 0 Å². The summed E-state index contributed by atoms with van der Waals surface area (Å²) < 4.78 is 16.3. The fourth-order valence-electron chi connectivity index (χ4n) is 5.14. The van der Waals surface area contributed by atoms with E-state index in [1.165, 1.54) is 6.08 Å². The van der Waals surface area contributed by atoms with Gasteiger partial charge in [0.15, 0.2) is 0 Å². The number of amides is 2. The molecule has 10 nitrogen and oxygen atoms in total. The molecule has 0 bridgehead atoms. The average Bonchev–Trinajstić information content (AvgIpc) is 3.42. The zero-order valence-corrected chi connectivity index (χ0v) is 30.4. The Bertz CT molecular complexity index is 1400. The summed E-state index contributed by atoms with van der Waals surface area (Å²) in [6.07, 6.45) is 4.15. The lowest BCUT2D eigenvalue weighted by atomic mass is 9.98. The molecule has 12 heteroatoms. The van der Waals surface area contributed by atoms with Crippen LogP contribution in [0.5, 0.6) is 0 Å². The van der Waals surface area contributed by atoms with Crippen molar-refractivity contribution >= 4 is 52.5 Å². The molecule has 1 aliphatic heterocycles. The van der Waals surface area contributed by atoms with Crippen LogP contribution in [0.25, 0.3) is 0 Å². The summed E-state index contributed by atoms with van der Waals surface area (Å²) in [4.78, 5) is 53.9. The number of anilines is 1. The predicted octanol–water partition coefficient (Wildman–Crippen LogP) is 6.93. The molecule has 2 aromatic rings. The molecule has 1 saturated heterocycles. The molecule has 0 aliphatic carbocycles. The van der Waals surface area contributed by atoms with Gasteiger partial charge in [0.05, 0.1) is 12.1 Å². The number of ether oxygens (including phenoxy) is 3. The summed E-state index contributed by atoms with van der Waals surface area (Å²) in [5.41, 5.74) is 2.33. The summed E-state index contributed by atoms with van der Waals surface area (Å²) >= 11 is 2.67. The molecule has 0 radical (unpaired) electrons. The minimum absolute atomic E-state index is 0.0728. The summed E-state index contributed by atoms with van der Waals surface area (Å²) in [5.74, 6) is -0.160. The van der Waals surface area contributed by atoms with E-state index in [4.69, 9.17) is 14.2 Å². The minimum atomic E-state index is -0.790. The first kappa shape index (κ1) is 38.8. The van der Waals surface area contributed by atoms with Gasteiger partial charge in [0.1, 0.15) is 18.2 Å². The first-order chi connectivity index (χ1) is 22.8. The molecule has 0 saturated carbocycles. The highest BCUT2D eigenvalue weighted by Gasteiger charge is 2.38. The van der Waals surface area contributed by atoms with Gasteiger partial charge in [-0.3, -0.25) is 4.79 Å². The summed E-state index contributed by atoms with van der Waals surface area (Å²) in [6.45, 7) is 13.4. The molecule has 1 aliphatic rings. The van der Waals surface area contributed by atoms with Crippen LogP contribution in [0.1, 0.15) is 68.9 Å². The largest absolute Gasteiger partial charge is 0.461 e. The monoisotopic (exact) mass is 699 g/mol. The predicted molar refractivity (Wildman–Crippen MR) is 194 cm³/mol. The van der Waals surface area contributed by atoms with Crippen LogP contribution in [-0.4, -0.2) is 88.9 Å². The van der Waals surface area contributed by atoms with Crippen molar-refractivity contribution in [2.45, 2.75) is 82.9 Å². The van der Waals surface area contributed by atoms with E-state index in [9.17, 15) is 19.2 Å². The van der Waals surface area contributed by atoms with Crippen molar-refractivity contribution in [3.8, 4) is 0 Å². The lowest BCUT2D eigenvalue weighted by Gasteiger charge is -2.24. The number of carbonyl (C=O) groups excluding carboxylic acids is 4. The fourth-order valence-corrected chi connectivity index (χ4v) is 6.73. The second-order valence-corrected chi connectivity index (χ2v) is 15.0. The third-order valence-corrected chi connectivity index (χ3v) is 8.87. The molecule has 0 aromatic heterocycles. The highest BCUT2D eigenvalue weighted by molar-refractivity contribution is 8.13. The van der Waals surface area contributed by atoms with Gasteiger partial charge < -0.3 is 29.7 Å². The maximum atomic E-state index is 13.8. The number of nitrogens with one attached hydrogen (secondary N) is 2. The lowest BCUT2D eigenvalue weighted by Crippen LogP contribution is -2.43. The molecule has 3 rings (SSSR count). The molecule has 2 N–H and O–H groups in total. The second kappa shape index (κ2) is 18.8. The number of nitrogens with zero attached hydrogens (tertiary/aromatic N) is 1. The lowest BCUT2D eigenvalue weighted by molar-refractivity contribution is -0.149. The zero-order valence-electron chi connectivity index (χ0n) is 28.8. The molecular weight excluding hydrogens is 651 g/mol. The van der Waals surface area contributed by atoms with Crippen LogP contribution < -0.4 is 10.6 Å².